The van der Waals surface area contributed by atoms with Crippen molar-refractivity contribution in [2.45, 2.75) is 13.0 Å². The summed E-state index contributed by atoms with van der Waals surface area (Å²) in [4.78, 5) is 11.5. The van der Waals surface area contributed by atoms with Crippen LogP contribution in [0.4, 0.5) is 0 Å². The van der Waals surface area contributed by atoms with E-state index in [0.717, 1.165) is 18.5 Å². The summed E-state index contributed by atoms with van der Waals surface area (Å²) in [5.74, 6) is 0.593. The number of rotatable bonds is 9. The Bertz CT molecular complexity index is 383. The molecule has 5 heteroatoms. The summed E-state index contributed by atoms with van der Waals surface area (Å²) in [7, 11) is 3.53. The fraction of sp³-hybridized carbons (Fsp3) is 0.500. The van der Waals surface area contributed by atoms with Gasteiger partial charge in [0.05, 0.1) is 0 Å². The Morgan fingerprint density at radius 1 is 1.37 bits per heavy atom. The van der Waals surface area contributed by atoms with Gasteiger partial charge >= 0.3 is 0 Å². The maximum atomic E-state index is 11.5. The van der Waals surface area contributed by atoms with Crippen molar-refractivity contribution >= 4 is 5.91 Å². The number of nitrogens with one attached hydrogen (secondary N) is 2. The van der Waals surface area contributed by atoms with Crippen LogP contribution < -0.4 is 15.4 Å². The van der Waals surface area contributed by atoms with Crippen LogP contribution in [-0.2, 0) is 16.1 Å². The lowest BCUT2D eigenvalue weighted by Gasteiger charge is -2.08. The molecular formula is C14H22N2O3. The highest BCUT2D eigenvalue weighted by Crippen LogP contribution is 2.12. The van der Waals surface area contributed by atoms with Crippen LogP contribution >= 0.6 is 0 Å². The van der Waals surface area contributed by atoms with Gasteiger partial charge in [-0.05, 0) is 31.2 Å². The average Bonchev–Trinajstić information content (AvgIpc) is 2.42. The molecule has 2 N–H and O–H groups in total. The number of ether oxygens (including phenoxy) is 2. The monoisotopic (exact) mass is 266 g/mol. The molecule has 19 heavy (non-hydrogen) atoms. The highest BCUT2D eigenvalue weighted by molar-refractivity contribution is 5.77. The zero-order valence-corrected chi connectivity index (χ0v) is 11.6. The fourth-order valence-electron chi connectivity index (χ4n) is 1.59. The SMILES string of the molecule is CNCc1cccc(OCC(=O)NCCCOC)c1. The molecule has 0 saturated heterocycles. The topological polar surface area (TPSA) is 59.6 Å². The standard InChI is InChI=1S/C14H22N2O3/c1-15-10-12-5-3-6-13(9-12)19-11-14(17)16-7-4-8-18-2/h3,5-6,9,15H,4,7-8,10-11H2,1-2H3,(H,16,17). The summed E-state index contributed by atoms with van der Waals surface area (Å²) in [6.07, 6.45) is 0.805. The summed E-state index contributed by atoms with van der Waals surface area (Å²) in [5, 5.41) is 5.84. The van der Waals surface area contributed by atoms with E-state index in [-0.39, 0.29) is 12.5 Å². The second-order valence-electron chi connectivity index (χ2n) is 4.16. The molecular weight excluding hydrogens is 244 g/mol. The van der Waals surface area contributed by atoms with Crippen molar-refractivity contribution in [3.63, 3.8) is 0 Å². The molecule has 106 valence electrons. The lowest BCUT2D eigenvalue weighted by atomic mass is 10.2. The molecule has 5 nitrogen and oxygen atoms in total. The van der Waals surface area contributed by atoms with Gasteiger partial charge in [0.15, 0.2) is 6.61 Å². The first-order valence-corrected chi connectivity index (χ1v) is 6.38. The van der Waals surface area contributed by atoms with Crippen molar-refractivity contribution in [1.29, 1.82) is 0 Å². The molecule has 0 aliphatic carbocycles. The highest BCUT2D eigenvalue weighted by atomic mass is 16.5. The van der Waals surface area contributed by atoms with Gasteiger partial charge in [0.25, 0.3) is 5.91 Å². The van der Waals surface area contributed by atoms with E-state index in [1.165, 1.54) is 0 Å². The maximum absolute atomic E-state index is 11.5. The molecule has 0 radical (unpaired) electrons. The summed E-state index contributed by atoms with van der Waals surface area (Å²) in [6.45, 7) is 2.07. The number of hydrogen-bond acceptors (Lipinski definition) is 4. The Hall–Kier alpha value is -1.59. The summed E-state index contributed by atoms with van der Waals surface area (Å²) in [6, 6.07) is 7.69. The van der Waals surface area contributed by atoms with Gasteiger partial charge in [-0.2, -0.15) is 0 Å². The molecule has 0 saturated carbocycles. The Balaban J connectivity index is 2.27. The minimum Gasteiger partial charge on any atom is -0.484 e. The molecule has 0 fully saturated rings. The van der Waals surface area contributed by atoms with Crippen molar-refractivity contribution in [1.82, 2.24) is 10.6 Å². The van der Waals surface area contributed by atoms with E-state index in [1.54, 1.807) is 7.11 Å². The number of hydrogen-bond donors (Lipinski definition) is 2. The van der Waals surface area contributed by atoms with E-state index >= 15 is 0 Å². The Kier molecular flexibility index (Phi) is 7.62. The van der Waals surface area contributed by atoms with Crippen LogP contribution in [0.25, 0.3) is 0 Å². The van der Waals surface area contributed by atoms with E-state index in [4.69, 9.17) is 9.47 Å². The average molecular weight is 266 g/mol. The zero-order valence-electron chi connectivity index (χ0n) is 11.6. The second kappa shape index (κ2) is 9.35. The molecule has 1 rings (SSSR count). The van der Waals surface area contributed by atoms with Crippen LogP contribution in [0, 0.1) is 0 Å². The number of carbonyl (C=O) groups is 1. The van der Waals surface area contributed by atoms with E-state index in [0.29, 0.717) is 18.9 Å². The normalized spacial score (nSPS) is 10.2. The van der Waals surface area contributed by atoms with Crippen LogP contribution in [0.5, 0.6) is 5.75 Å². The lowest BCUT2D eigenvalue weighted by Crippen LogP contribution is -2.30. The van der Waals surface area contributed by atoms with Gasteiger partial charge in [-0.25, -0.2) is 0 Å². The van der Waals surface area contributed by atoms with Gasteiger partial charge in [0.2, 0.25) is 0 Å². The molecule has 0 aromatic heterocycles. The molecule has 1 aromatic rings. The van der Waals surface area contributed by atoms with E-state index < -0.39 is 0 Å². The third-order valence-electron chi connectivity index (χ3n) is 2.50. The van der Waals surface area contributed by atoms with Crippen molar-refractivity contribution in [3.05, 3.63) is 29.8 Å². The predicted molar refractivity (Wildman–Crippen MR) is 74.2 cm³/mol. The van der Waals surface area contributed by atoms with Gasteiger partial charge in [-0.3, -0.25) is 4.79 Å². The smallest absolute Gasteiger partial charge is 0.257 e. The summed E-state index contributed by atoms with van der Waals surface area (Å²) in [5.41, 5.74) is 1.13. The third kappa shape index (κ3) is 6.79. The van der Waals surface area contributed by atoms with Gasteiger partial charge in [0.1, 0.15) is 5.75 Å². The van der Waals surface area contributed by atoms with Crippen molar-refractivity contribution in [2.75, 3.05) is 33.9 Å². The van der Waals surface area contributed by atoms with Gasteiger partial charge in [-0.15, -0.1) is 0 Å². The first-order chi connectivity index (χ1) is 9.26. The second-order valence-corrected chi connectivity index (χ2v) is 4.16. The highest BCUT2D eigenvalue weighted by Gasteiger charge is 2.02. The van der Waals surface area contributed by atoms with Gasteiger partial charge in [0, 0.05) is 26.8 Å². The fourth-order valence-corrected chi connectivity index (χ4v) is 1.59. The first kappa shape index (κ1) is 15.5. The van der Waals surface area contributed by atoms with Crippen LogP contribution in [0.3, 0.4) is 0 Å². The number of methoxy groups -OCH3 is 1. The van der Waals surface area contributed by atoms with Crippen molar-refractivity contribution < 1.29 is 14.3 Å². The molecule has 0 aliphatic rings. The largest absolute Gasteiger partial charge is 0.484 e. The lowest BCUT2D eigenvalue weighted by molar-refractivity contribution is -0.123. The van der Waals surface area contributed by atoms with Crippen LogP contribution in [-0.4, -0.2) is 39.8 Å². The maximum Gasteiger partial charge on any atom is 0.257 e. The Labute approximate surface area is 114 Å². The van der Waals surface area contributed by atoms with Crippen molar-refractivity contribution in [2.24, 2.45) is 0 Å². The predicted octanol–water partition coefficient (Wildman–Crippen LogP) is 0.937. The van der Waals surface area contributed by atoms with Gasteiger partial charge in [-0.1, -0.05) is 12.1 Å². The molecule has 0 spiro atoms. The summed E-state index contributed by atoms with van der Waals surface area (Å²) < 4.78 is 10.3. The quantitative estimate of drug-likeness (QED) is 0.653. The van der Waals surface area contributed by atoms with Crippen LogP contribution in [0.2, 0.25) is 0 Å². The molecule has 0 heterocycles. The van der Waals surface area contributed by atoms with Crippen LogP contribution in [0.1, 0.15) is 12.0 Å². The first-order valence-electron chi connectivity index (χ1n) is 6.38. The number of benzene rings is 1. The Morgan fingerprint density at radius 3 is 2.95 bits per heavy atom. The van der Waals surface area contributed by atoms with Crippen molar-refractivity contribution in [3.8, 4) is 5.75 Å². The molecule has 0 unspecified atom stereocenters. The van der Waals surface area contributed by atoms with Crippen LogP contribution in [0.15, 0.2) is 24.3 Å². The van der Waals surface area contributed by atoms with E-state index in [1.807, 2.05) is 31.3 Å². The third-order valence-corrected chi connectivity index (χ3v) is 2.50. The minimum atomic E-state index is -0.116. The molecule has 1 amide bonds. The summed E-state index contributed by atoms with van der Waals surface area (Å²) >= 11 is 0. The molecule has 0 aliphatic heterocycles. The molecule has 0 atom stereocenters. The molecule has 1 aromatic carbocycles. The van der Waals surface area contributed by atoms with E-state index in [9.17, 15) is 4.79 Å². The Morgan fingerprint density at radius 2 is 2.21 bits per heavy atom. The van der Waals surface area contributed by atoms with E-state index in [2.05, 4.69) is 10.6 Å². The number of carbonyl (C=O) groups excluding carboxylic acids is 1. The number of amides is 1. The zero-order chi connectivity index (χ0) is 13.9. The van der Waals surface area contributed by atoms with Gasteiger partial charge < -0.3 is 20.1 Å². The minimum absolute atomic E-state index is 0.0377. The molecule has 0 bridgehead atoms.